The third kappa shape index (κ3) is 6.59. The van der Waals surface area contributed by atoms with Gasteiger partial charge in [-0.05, 0) is 32.5 Å². The Labute approximate surface area is 164 Å². The summed E-state index contributed by atoms with van der Waals surface area (Å²) in [6.45, 7) is 2.89. The fourth-order valence-electron chi connectivity index (χ4n) is 3.56. The molecule has 5 heteroatoms. The van der Waals surface area contributed by atoms with E-state index >= 15 is 0 Å². The number of nitrogens with one attached hydrogen (secondary N) is 1. The Hall–Kier alpha value is -0.820. The van der Waals surface area contributed by atoms with E-state index in [4.69, 9.17) is 4.99 Å². The van der Waals surface area contributed by atoms with Crippen molar-refractivity contribution in [1.29, 1.82) is 0 Å². The highest BCUT2D eigenvalue weighted by atomic mass is 127. The molecule has 0 saturated heterocycles. The fraction of sp³-hybridized carbons (Fsp3) is 0.632. The highest BCUT2D eigenvalue weighted by molar-refractivity contribution is 14.0. The summed E-state index contributed by atoms with van der Waals surface area (Å²) < 4.78 is 0. The zero-order valence-electron chi connectivity index (χ0n) is 15.6. The van der Waals surface area contributed by atoms with Crippen LogP contribution in [0.15, 0.2) is 35.3 Å². The molecule has 1 saturated carbocycles. The van der Waals surface area contributed by atoms with E-state index in [0.717, 1.165) is 25.6 Å². The molecule has 0 radical (unpaired) electrons. The normalized spacial score (nSPS) is 16.8. The number of aliphatic imine (C=N–C) groups is 1. The molecule has 24 heavy (non-hydrogen) atoms. The van der Waals surface area contributed by atoms with Gasteiger partial charge in [0.15, 0.2) is 5.96 Å². The molecule has 0 atom stereocenters. The summed E-state index contributed by atoms with van der Waals surface area (Å²) in [5.41, 5.74) is 1.64. The molecule has 0 bridgehead atoms. The number of guanidine groups is 1. The molecule has 0 amide bonds. The van der Waals surface area contributed by atoms with E-state index in [-0.39, 0.29) is 24.0 Å². The van der Waals surface area contributed by atoms with Crippen LogP contribution in [0.3, 0.4) is 0 Å². The van der Waals surface area contributed by atoms with E-state index in [9.17, 15) is 0 Å². The van der Waals surface area contributed by atoms with Crippen LogP contribution in [0.25, 0.3) is 0 Å². The molecular weight excluding hydrogens is 411 g/mol. The Kier molecular flexibility index (Phi) is 9.05. The van der Waals surface area contributed by atoms with Crippen LogP contribution in [0, 0.1) is 5.41 Å². The van der Waals surface area contributed by atoms with Gasteiger partial charge in [0.2, 0.25) is 0 Å². The van der Waals surface area contributed by atoms with E-state index in [0.29, 0.717) is 5.41 Å². The summed E-state index contributed by atoms with van der Waals surface area (Å²) in [6, 6.07) is 10.4. The minimum Gasteiger partial charge on any atom is -0.356 e. The van der Waals surface area contributed by atoms with E-state index < -0.39 is 0 Å². The van der Waals surface area contributed by atoms with Crippen molar-refractivity contribution in [2.45, 2.75) is 32.2 Å². The molecule has 0 heterocycles. The minimum atomic E-state index is 0. The van der Waals surface area contributed by atoms with Gasteiger partial charge in [0.1, 0.15) is 0 Å². The Morgan fingerprint density at radius 1 is 1.08 bits per heavy atom. The van der Waals surface area contributed by atoms with Crippen molar-refractivity contribution in [1.82, 2.24) is 15.1 Å². The van der Waals surface area contributed by atoms with E-state index in [1.165, 1.54) is 31.2 Å². The average Bonchev–Trinajstić information content (AvgIpc) is 2.95. The van der Waals surface area contributed by atoms with Crippen molar-refractivity contribution in [3.63, 3.8) is 0 Å². The molecule has 0 aliphatic heterocycles. The second-order valence-electron chi connectivity index (χ2n) is 7.32. The van der Waals surface area contributed by atoms with Gasteiger partial charge in [0.25, 0.3) is 0 Å². The van der Waals surface area contributed by atoms with Crippen molar-refractivity contribution in [3.05, 3.63) is 35.9 Å². The van der Waals surface area contributed by atoms with E-state index in [2.05, 4.69) is 67.6 Å². The van der Waals surface area contributed by atoms with Crippen LogP contribution in [0.1, 0.15) is 31.2 Å². The van der Waals surface area contributed by atoms with Crippen LogP contribution >= 0.6 is 24.0 Å². The SMILES string of the molecule is CN(C)CC1(CNC(=NCc2ccccc2)N(C)C)CCCC1.I. The fourth-order valence-corrected chi connectivity index (χ4v) is 3.56. The maximum absolute atomic E-state index is 4.78. The summed E-state index contributed by atoms with van der Waals surface area (Å²) >= 11 is 0. The number of hydrogen-bond donors (Lipinski definition) is 1. The quantitative estimate of drug-likeness (QED) is 0.415. The van der Waals surface area contributed by atoms with Crippen LogP contribution in [0.2, 0.25) is 0 Å². The smallest absolute Gasteiger partial charge is 0.193 e. The molecule has 1 fully saturated rings. The molecule has 0 unspecified atom stereocenters. The second-order valence-corrected chi connectivity index (χ2v) is 7.32. The third-order valence-electron chi connectivity index (χ3n) is 4.62. The summed E-state index contributed by atoms with van der Waals surface area (Å²) in [4.78, 5) is 9.19. The zero-order valence-corrected chi connectivity index (χ0v) is 17.9. The standard InChI is InChI=1S/C19H32N4.HI/c1-22(2)16-19(12-8-9-13-19)15-21-18(23(3)4)20-14-17-10-6-5-7-11-17;/h5-7,10-11H,8-9,12-16H2,1-4H3,(H,20,21);1H. The van der Waals surface area contributed by atoms with Crippen LogP contribution in [-0.4, -0.2) is 57.0 Å². The zero-order chi connectivity index (χ0) is 16.7. The van der Waals surface area contributed by atoms with Crippen LogP contribution in [0.5, 0.6) is 0 Å². The molecule has 4 nitrogen and oxygen atoms in total. The third-order valence-corrected chi connectivity index (χ3v) is 4.62. The minimum absolute atomic E-state index is 0. The monoisotopic (exact) mass is 444 g/mol. The second kappa shape index (κ2) is 10.2. The Morgan fingerprint density at radius 2 is 1.71 bits per heavy atom. The van der Waals surface area contributed by atoms with Gasteiger partial charge in [-0.2, -0.15) is 0 Å². The number of rotatable bonds is 6. The molecule has 1 N–H and O–H groups in total. The summed E-state index contributed by atoms with van der Waals surface area (Å²) in [5, 5.41) is 3.63. The predicted octanol–water partition coefficient (Wildman–Crippen LogP) is 3.43. The number of nitrogens with zero attached hydrogens (tertiary/aromatic N) is 3. The number of benzene rings is 1. The van der Waals surface area contributed by atoms with Crippen molar-refractivity contribution in [2.75, 3.05) is 41.3 Å². The lowest BCUT2D eigenvalue weighted by molar-refractivity contribution is 0.201. The highest BCUT2D eigenvalue weighted by Gasteiger charge is 2.34. The van der Waals surface area contributed by atoms with Gasteiger partial charge in [0.05, 0.1) is 6.54 Å². The molecule has 1 aliphatic carbocycles. The summed E-state index contributed by atoms with van der Waals surface area (Å²) in [7, 11) is 8.47. The molecular formula is C19H33IN4. The first kappa shape index (κ1) is 21.2. The van der Waals surface area contributed by atoms with Gasteiger partial charge in [-0.25, -0.2) is 4.99 Å². The predicted molar refractivity (Wildman–Crippen MR) is 114 cm³/mol. The van der Waals surface area contributed by atoms with Gasteiger partial charge in [-0.3, -0.25) is 0 Å². The first-order chi connectivity index (χ1) is 11.0. The first-order valence-corrected chi connectivity index (χ1v) is 8.65. The lowest BCUT2D eigenvalue weighted by atomic mass is 9.85. The lowest BCUT2D eigenvalue weighted by Crippen LogP contribution is -2.45. The number of halogens is 1. The van der Waals surface area contributed by atoms with Crippen LogP contribution < -0.4 is 5.32 Å². The molecule has 0 spiro atoms. The van der Waals surface area contributed by atoms with Gasteiger partial charge in [-0.1, -0.05) is 43.2 Å². The number of hydrogen-bond acceptors (Lipinski definition) is 2. The Bertz CT molecular complexity index is 493. The topological polar surface area (TPSA) is 30.9 Å². The Balaban J connectivity index is 0.00000288. The maximum Gasteiger partial charge on any atom is 0.193 e. The summed E-state index contributed by atoms with van der Waals surface area (Å²) in [5.74, 6) is 0.985. The maximum atomic E-state index is 4.78. The Morgan fingerprint density at radius 3 is 2.25 bits per heavy atom. The van der Waals surface area contributed by atoms with E-state index in [1.54, 1.807) is 0 Å². The van der Waals surface area contributed by atoms with Crippen molar-refractivity contribution in [2.24, 2.45) is 10.4 Å². The molecule has 0 aromatic heterocycles. The van der Waals surface area contributed by atoms with Crippen LogP contribution in [-0.2, 0) is 6.54 Å². The van der Waals surface area contributed by atoms with Gasteiger partial charge in [-0.15, -0.1) is 24.0 Å². The van der Waals surface area contributed by atoms with Gasteiger partial charge in [0, 0.05) is 32.6 Å². The lowest BCUT2D eigenvalue weighted by Gasteiger charge is -2.33. The molecule has 2 rings (SSSR count). The molecule has 1 aromatic carbocycles. The van der Waals surface area contributed by atoms with E-state index in [1.807, 2.05) is 6.07 Å². The van der Waals surface area contributed by atoms with Crippen molar-refractivity contribution >= 4 is 29.9 Å². The summed E-state index contributed by atoms with van der Waals surface area (Å²) in [6.07, 6.45) is 5.34. The molecule has 1 aliphatic rings. The molecule has 1 aromatic rings. The van der Waals surface area contributed by atoms with Gasteiger partial charge < -0.3 is 15.1 Å². The largest absolute Gasteiger partial charge is 0.356 e. The van der Waals surface area contributed by atoms with Gasteiger partial charge >= 0.3 is 0 Å². The first-order valence-electron chi connectivity index (χ1n) is 8.65. The van der Waals surface area contributed by atoms with Crippen molar-refractivity contribution < 1.29 is 0 Å². The average molecular weight is 444 g/mol. The van der Waals surface area contributed by atoms with Crippen LogP contribution in [0.4, 0.5) is 0 Å². The van der Waals surface area contributed by atoms with Crippen molar-refractivity contribution in [3.8, 4) is 0 Å². The highest BCUT2D eigenvalue weighted by Crippen LogP contribution is 2.37. The molecule has 136 valence electrons.